The molecule has 12 heteroatoms. The highest BCUT2D eigenvalue weighted by Crippen LogP contribution is 2.27. The largest absolute Gasteiger partial charge is 0.366 e. The first kappa shape index (κ1) is 34.5. The number of pyridine rings is 1. The van der Waals surface area contributed by atoms with Crippen LogP contribution in [0.15, 0.2) is 60.8 Å². The maximum absolute atomic E-state index is 13.5. The number of hydrogen-bond acceptors (Lipinski definition) is 7. The maximum atomic E-state index is 13.5. The topological polar surface area (TPSA) is 124 Å². The number of carbonyl (C=O) groups is 3. The average molecular weight is 617 g/mol. The number of nitrogens with one attached hydrogen (secondary N) is 2. The predicted molar refractivity (Wildman–Crippen MR) is 170 cm³/mol. The highest BCUT2D eigenvalue weighted by molar-refractivity contribution is 5.92. The van der Waals surface area contributed by atoms with E-state index in [1.165, 1.54) is 17.3 Å². The Morgan fingerprint density at radius 2 is 1.67 bits per heavy atom. The van der Waals surface area contributed by atoms with Crippen molar-refractivity contribution in [3.63, 3.8) is 0 Å². The molecular weight excluding hydrogens is 577 g/mol. The second-order valence-electron chi connectivity index (χ2n) is 9.87. The number of aromatic nitrogens is 1. The monoisotopic (exact) mass is 615 g/mol. The number of hydrazine groups is 1. The van der Waals surface area contributed by atoms with E-state index in [9.17, 15) is 14.4 Å². The number of nitrogens with zero attached hydrogens (tertiary/aromatic N) is 4. The highest BCUT2D eigenvalue weighted by Gasteiger charge is 2.27. The zero-order chi connectivity index (χ0) is 28.6. The van der Waals surface area contributed by atoms with Crippen LogP contribution >= 0.6 is 24.8 Å². The van der Waals surface area contributed by atoms with Crippen molar-refractivity contribution < 1.29 is 14.4 Å². The third-order valence-corrected chi connectivity index (χ3v) is 7.03. The molecule has 3 aromatic rings. The Kier molecular flexibility index (Phi) is 13.2. The van der Waals surface area contributed by atoms with Gasteiger partial charge in [0.15, 0.2) is 0 Å². The van der Waals surface area contributed by atoms with Crippen LogP contribution in [0.1, 0.15) is 34.0 Å². The summed E-state index contributed by atoms with van der Waals surface area (Å²) in [7, 11) is 1.78. The average Bonchev–Trinajstić information content (AvgIpc) is 3.39. The molecule has 0 fully saturated rings. The molecule has 42 heavy (non-hydrogen) atoms. The van der Waals surface area contributed by atoms with E-state index in [-0.39, 0.29) is 49.7 Å². The summed E-state index contributed by atoms with van der Waals surface area (Å²) in [6.45, 7) is 7.37. The molecule has 0 spiro atoms. The van der Waals surface area contributed by atoms with Crippen LogP contribution in [0, 0.1) is 6.92 Å². The summed E-state index contributed by atoms with van der Waals surface area (Å²) in [6, 6.07) is 17.3. The molecule has 0 radical (unpaired) electrons. The van der Waals surface area contributed by atoms with Crippen LogP contribution in [-0.2, 0) is 22.7 Å². The van der Waals surface area contributed by atoms with Crippen molar-refractivity contribution in [2.45, 2.75) is 26.9 Å². The number of aryl methyl sites for hydroxylation is 1. The van der Waals surface area contributed by atoms with Gasteiger partial charge in [0.1, 0.15) is 0 Å². The normalized spacial score (nSPS) is 12.0. The van der Waals surface area contributed by atoms with Crippen molar-refractivity contribution >= 4 is 48.2 Å². The van der Waals surface area contributed by atoms with Crippen molar-refractivity contribution in [3.8, 4) is 11.3 Å². The number of amides is 3. The molecule has 0 aliphatic carbocycles. The summed E-state index contributed by atoms with van der Waals surface area (Å²) >= 11 is 0. The van der Waals surface area contributed by atoms with Crippen molar-refractivity contribution in [2.75, 3.05) is 44.7 Å². The summed E-state index contributed by atoms with van der Waals surface area (Å²) in [5, 5.41) is 9.79. The highest BCUT2D eigenvalue weighted by atomic mass is 35.5. The number of hydrogen-bond donors (Lipinski definition) is 3. The summed E-state index contributed by atoms with van der Waals surface area (Å²) in [6.07, 6.45) is 1.45. The van der Waals surface area contributed by atoms with Gasteiger partial charge in [0.05, 0.1) is 24.3 Å². The van der Waals surface area contributed by atoms with Crippen LogP contribution < -0.4 is 21.3 Å². The van der Waals surface area contributed by atoms with E-state index in [2.05, 4.69) is 27.8 Å². The van der Waals surface area contributed by atoms with Crippen LogP contribution in [0.4, 0.5) is 5.69 Å². The van der Waals surface area contributed by atoms with Crippen molar-refractivity contribution in [2.24, 2.45) is 5.73 Å². The lowest BCUT2D eigenvalue weighted by Crippen LogP contribution is -2.48. The molecule has 3 amide bonds. The van der Waals surface area contributed by atoms with Gasteiger partial charge >= 0.3 is 0 Å². The van der Waals surface area contributed by atoms with Crippen LogP contribution in [0.3, 0.4) is 0 Å². The third-order valence-electron chi connectivity index (χ3n) is 7.03. The maximum Gasteiger partial charge on any atom is 0.256 e. The predicted octanol–water partition coefficient (Wildman–Crippen LogP) is 2.92. The van der Waals surface area contributed by atoms with E-state index in [0.29, 0.717) is 37.4 Å². The van der Waals surface area contributed by atoms with E-state index < -0.39 is 5.91 Å². The quantitative estimate of drug-likeness (QED) is 0.268. The number of rotatable bonds is 12. The van der Waals surface area contributed by atoms with Gasteiger partial charge in [-0.1, -0.05) is 37.3 Å². The minimum absolute atomic E-state index is 0. The van der Waals surface area contributed by atoms with Gasteiger partial charge in [0, 0.05) is 50.7 Å². The summed E-state index contributed by atoms with van der Waals surface area (Å²) in [5.41, 5.74) is 11.3. The number of anilines is 1. The Bertz CT molecular complexity index is 1350. The molecule has 0 atom stereocenters. The van der Waals surface area contributed by atoms with Crippen molar-refractivity contribution in [1.29, 1.82) is 0 Å². The molecular formula is C30H39Cl2N7O3. The van der Waals surface area contributed by atoms with E-state index in [4.69, 9.17) is 5.73 Å². The Hall–Kier alpha value is -3.70. The van der Waals surface area contributed by atoms with Crippen molar-refractivity contribution in [3.05, 3.63) is 83.0 Å². The lowest BCUT2D eigenvalue weighted by Gasteiger charge is -2.32. The molecule has 1 aliphatic heterocycles. The van der Waals surface area contributed by atoms with Gasteiger partial charge in [-0.05, 0) is 54.4 Å². The number of halogens is 2. The van der Waals surface area contributed by atoms with Gasteiger partial charge in [0.2, 0.25) is 11.8 Å². The van der Waals surface area contributed by atoms with E-state index in [1.807, 2.05) is 54.1 Å². The van der Waals surface area contributed by atoms with Gasteiger partial charge in [-0.25, -0.2) is 5.01 Å². The zero-order valence-corrected chi connectivity index (χ0v) is 25.8. The fourth-order valence-corrected chi connectivity index (χ4v) is 4.75. The van der Waals surface area contributed by atoms with Crippen LogP contribution in [0.2, 0.25) is 0 Å². The minimum Gasteiger partial charge on any atom is -0.366 e. The number of benzene rings is 2. The Morgan fingerprint density at radius 3 is 2.24 bits per heavy atom. The molecule has 0 saturated heterocycles. The lowest BCUT2D eigenvalue weighted by atomic mass is 10.0. The molecule has 226 valence electrons. The first-order valence-electron chi connectivity index (χ1n) is 13.4. The standard InChI is InChI=1S/C30H37N7O3.2ClH/c1-4-32-13-14-33-28(38)19-36(20-29(39)35(3)37-17-24-7-5-6-8-25(24)18-37)27-12-10-22(15-21(27)2)26-11-9-23(16-34-26)30(31)40;;/h5-12,15-16,32H,4,13-14,17-20H2,1-3H3,(H2,31,40)(H,33,38);2*1H. The minimum atomic E-state index is -0.530. The molecule has 1 aromatic heterocycles. The van der Waals surface area contributed by atoms with Gasteiger partial charge in [-0.15, -0.1) is 24.8 Å². The van der Waals surface area contributed by atoms with Gasteiger partial charge < -0.3 is 21.3 Å². The lowest BCUT2D eigenvalue weighted by molar-refractivity contribution is -0.145. The zero-order valence-electron chi connectivity index (χ0n) is 24.1. The Morgan fingerprint density at radius 1 is 0.976 bits per heavy atom. The van der Waals surface area contributed by atoms with Crippen LogP contribution in [-0.4, -0.2) is 72.5 Å². The van der Waals surface area contributed by atoms with Gasteiger partial charge in [-0.2, -0.15) is 0 Å². The van der Waals surface area contributed by atoms with Crippen molar-refractivity contribution in [1.82, 2.24) is 25.6 Å². The molecule has 4 N–H and O–H groups in total. The Labute approximate surface area is 259 Å². The van der Waals surface area contributed by atoms with Crippen LogP contribution in [0.25, 0.3) is 11.3 Å². The fraction of sp³-hybridized carbons (Fsp3) is 0.333. The second-order valence-corrected chi connectivity index (χ2v) is 9.87. The number of carbonyl (C=O) groups excluding carboxylic acids is 3. The van der Waals surface area contributed by atoms with E-state index >= 15 is 0 Å². The number of nitrogens with two attached hydrogens (primary N) is 1. The van der Waals surface area contributed by atoms with Gasteiger partial charge in [-0.3, -0.25) is 24.4 Å². The molecule has 10 nitrogen and oxygen atoms in total. The molecule has 0 bridgehead atoms. The Balaban J connectivity index is 0.00000308. The molecule has 4 rings (SSSR count). The number of likely N-dealkylation sites (N-methyl/N-ethyl adjacent to an activating group) is 2. The number of fused-ring (bicyclic) bond motifs is 1. The molecule has 0 saturated carbocycles. The fourth-order valence-electron chi connectivity index (χ4n) is 4.75. The first-order valence-corrected chi connectivity index (χ1v) is 13.4. The van der Waals surface area contributed by atoms with Crippen LogP contribution in [0.5, 0.6) is 0 Å². The smallest absolute Gasteiger partial charge is 0.256 e. The second kappa shape index (κ2) is 16.1. The van der Waals surface area contributed by atoms with Gasteiger partial charge in [0.25, 0.3) is 5.91 Å². The third kappa shape index (κ3) is 8.65. The molecule has 2 aromatic carbocycles. The first-order chi connectivity index (χ1) is 19.3. The number of primary amides is 1. The van der Waals surface area contributed by atoms with E-state index in [0.717, 1.165) is 23.4 Å². The van der Waals surface area contributed by atoms with E-state index in [1.54, 1.807) is 24.2 Å². The summed E-state index contributed by atoms with van der Waals surface area (Å²) in [4.78, 5) is 43.9. The summed E-state index contributed by atoms with van der Waals surface area (Å²) < 4.78 is 0. The molecule has 0 unspecified atom stereocenters. The molecule has 1 aliphatic rings. The molecule has 2 heterocycles. The SMILES string of the molecule is CCNCCNC(=O)CN(CC(=O)N(C)N1Cc2ccccc2C1)c1ccc(-c2ccc(C(N)=O)cn2)cc1C.Cl.Cl. The summed E-state index contributed by atoms with van der Waals surface area (Å²) in [5.74, 6) is -0.799.